The van der Waals surface area contributed by atoms with Gasteiger partial charge in [0, 0.05) is 17.2 Å². The zero-order valence-corrected chi connectivity index (χ0v) is 18.8. The van der Waals surface area contributed by atoms with E-state index >= 15 is 0 Å². The summed E-state index contributed by atoms with van der Waals surface area (Å²) in [5.41, 5.74) is 5.56. The van der Waals surface area contributed by atoms with E-state index in [1.54, 1.807) is 7.11 Å². The van der Waals surface area contributed by atoms with Gasteiger partial charge in [0.2, 0.25) is 0 Å². The van der Waals surface area contributed by atoms with E-state index in [-0.39, 0.29) is 6.04 Å². The molecule has 0 bridgehead atoms. The normalized spacial score (nSPS) is 17.5. The van der Waals surface area contributed by atoms with Crippen LogP contribution in [0.2, 0.25) is 0 Å². The molecule has 33 heavy (non-hydrogen) atoms. The molecule has 1 saturated carbocycles. The van der Waals surface area contributed by atoms with E-state index < -0.39 is 0 Å². The average molecular weight is 435 g/mol. The highest BCUT2D eigenvalue weighted by molar-refractivity contribution is 6.02. The second kappa shape index (κ2) is 7.93. The molecule has 0 unspecified atom stereocenters. The Hall–Kier alpha value is -3.86. The molecule has 0 N–H and O–H groups in total. The van der Waals surface area contributed by atoms with Crippen molar-refractivity contribution in [3.8, 4) is 11.4 Å². The lowest BCUT2D eigenvalue weighted by molar-refractivity contribution is 0.341. The van der Waals surface area contributed by atoms with E-state index in [0.29, 0.717) is 6.04 Å². The van der Waals surface area contributed by atoms with Crippen molar-refractivity contribution < 1.29 is 4.74 Å². The highest BCUT2D eigenvalue weighted by Gasteiger charge is 2.43. The van der Waals surface area contributed by atoms with Gasteiger partial charge in [0.1, 0.15) is 11.6 Å². The van der Waals surface area contributed by atoms with E-state index in [1.165, 1.54) is 24.0 Å². The second-order valence-corrected chi connectivity index (χ2v) is 8.69. The highest BCUT2D eigenvalue weighted by atomic mass is 16.5. The molecule has 3 aromatic carbocycles. The third-order valence-corrected chi connectivity index (χ3v) is 6.49. The molecular weight excluding hydrogens is 408 g/mol. The smallest absolute Gasteiger partial charge is 0.163 e. The van der Waals surface area contributed by atoms with Crippen LogP contribution in [0.4, 0.5) is 5.82 Å². The molecule has 1 aromatic heterocycles. The molecule has 0 radical (unpaired) electrons. The van der Waals surface area contributed by atoms with E-state index in [0.717, 1.165) is 34.3 Å². The lowest BCUT2D eigenvalue weighted by Crippen LogP contribution is -2.40. The minimum atomic E-state index is 0.0450. The molecule has 1 aliphatic heterocycles. The number of hydrogen-bond acceptors (Lipinski definition) is 4. The summed E-state index contributed by atoms with van der Waals surface area (Å²) in [5, 5.41) is 4.97. The first-order valence-corrected chi connectivity index (χ1v) is 11.5. The van der Waals surface area contributed by atoms with Crippen molar-refractivity contribution in [3.63, 3.8) is 0 Å². The predicted octanol–water partition coefficient (Wildman–Crippen LogP) is 5.84. The maximum Gasteiger partial charge on any atom is 0.163 e. The molecule has 2 heterocycles. The first kappa shape index (κ1) is 19.8. The number of nitrogens with zero attached hydrogens (tertiary/aromatic N) is 4. The summed E-state index contributed by atoms with van der Waals surface area (Å²) in [4.78, 5) is 7.80. The minimum Gasteiger partial charge on any atom is -0.497 e. The number of amidine groups is 1. The molecule has 1 fully saturated rings. The Kier molecular flexibility index (Phi) is 4.75. The minimum absolute atomic E-state index is 0.0450. The topological polar surface area (TPSA) is 42.6 Å². The number of fused-ring (bicyclic) bond motifs is 1. The maximum absolute atomic E-state index is 5.43. The van der Waals surface area contributed by atoms with Gasteiger partial charge in [0.15, 0.2) is 5.82 Å². The van der Waals surface area contributed by atoms with Crippen LogP contribution < -0.4 is 4.74 Å². The predicted molar refractivity (Wildman–Crippen MR) is 131 cm³/mol. The van der Waals surface area contributed by atoms with Crippen molar-refractivity contribution in [2.45, 2.75) is 31.8 Å². The molecule has 4 aromatic rings. The monoisotopic (exact) mass is 434 g/mol. The Bertz CT molecular complexity index is 1310. The molecule has 1 atom stereocenters. The van der Waals surface area contributed by atoms with Gasteiger partial charge < -0.3 is 9.64 Å². The highest BCUT2D eigenvalue weighted by Crippen LogP contribution is 2.47. The average Bonchev–Trinajstić information content (AvgIpc) is 3.67. The van der Waals surface area contributed by atoms with Gasteiger partial charge in [-0.15, -0.1) is 0 Å². The van der Waals surface area contributed by atoms with Crippen molar-refractivity contribution in [1.82, 2.24) is 14.7 Å². The van der Waals surface area contributed by atoms with Gasteiger partial charge in [-0.2, -0.15) is 5.10 Å². The maximum atomic E-state index is 5.43. The van der Waals surface area contributed by atoms with Gasteiger partial charge in [0.25, 0.3) is 0 Å². The van der Waals surface area contributed by atoms with Gasteiger partial charge in [-0.1, -0.05) is 60.7 Å². The standard InChI is InChI=1S/C28H26N4O/c1-19-25-26(20-13-17-24(33-2)18-14-20)31(22-15-16-22)27(21-9-5-3-6-10-21)29-28(25)32(30-19)23-11-7-4-8-12-23/h3-14,17-18,22,26H,15-16H2,1-2H3/t26-/m0/s1. The summed E-state index contributed by atoms with van der Waals surface area (Å²) in [6, 6.07) is 29.8. The number of benzene rings is 3. The molecule has 5 nitrogen and oxygen atoms in total. The SMILES string of the molecule is COc1ccc([C@H]2c3c(C)nn(-c4ccccc4)c3N=C(c3ccccc3)N2C2CC2)cc1. The number of aromatic nitrogens is 2. The number of para-hydroxylation sites is 1. The first-order chi connectivity index (χ1) is 16.2. The molecule has 0 saturated heterocycles. The summed E-state index contributed by atoms with van der Waals surface area (Å²) in [7, 11) is 1.71. The van der Waals surface area contributed by atoms with Crippen LogP contribution in [-0.2, 0) is 0 Å². The number of hydrogen-bond donors (Lipinski definition) is 0. The Morgan fingerprint density at radius 2 is 1.52 bits per heavy atom. The van der Waals surface area contributed by atoms with Gasteiger partial charge in [-0.05, 0) is 49.6 Å². The summed E-state index contributed by atoms with van der Waals surface area (Å²) in [6.45, 7) is 2.10. The van der Waals surface area contributed by atoms with Crippen molar-refractivity contribution in [2.75, 3.05) is 7.11 Å². The lowest BCUT2D eigenvalue weighted by Gasteiger charge is -2.38. The first-order valence-electron chi connectivity index (χ1n) is 11.5. The molecule has 6 rings (SSSR count). The third kappa shape index (κ3) is 3.41. The van der Waals surface area contributed by atoms with Crippen LogP contribution in [0.3, 0.4) is 0 Å². The second-order valence-electron chi connectivity index (χ2n) is 8.69. The molecule has 0 amide bonds. The van der Waals surface area contributed by atoms with Crippen molar-refractivity contribution >= 4 is 11.7 Å². The Balaban J connectivity index is 1.61. The molecule has 2 aliphatic rings. The molecule has 5 heteroatoms. The fourth-order valence-corrected chi connectivity index (χ4v) is 4.77. The zero-order chi connectivity index (χ0) is 22.4. The summed E-state index contributed by atoms with van der Waals surface area (Å²) < 4.78 is 7.43. The number of aryl methyl sites for hydroxylation is 1. The third-order valence-electron chi connectivity index (χ3n) is 6.49. The van der Waals surface area contributed by atoms with Gasteiger partial charge in [-0.3, -0.25) is 0 Å². The van der Waals surface area contributed by atoms with Crippen molar-refractivity contribution in [2.24, 2.45) is 4.99 Å². The van der Waals surface area contributed by atoms with Gasteiger partial charge in [-0.25, -0.2) is 9.67 Å². The fourth-order valence-electron chi connectivity index (χ4n) is 4.77. The van der Waals surface area contributed by atoms with E-state index in [2.05, 4.69) is 66.4 Å². The van der Waals surface area contributed by atoms with Gasteiger partial charge >= 0.3 is 0 Å². The van der Waals surface area contributed by atoms with Crippen molar-refractivity contribution in [3.05, 3.63) is 107 Å². The molecular formula is C28H26N4O. The van der Waals surface area contributed by atoms with Gasteiger partial charge in [0.05, 0.1) is 24.5 Å². The van der Waals surface area contributed by atoms with Crippen LogP contribution in [0.1, 0.15) is 41.3 Å². The van der Waals surface area contributed by atoms with E-state index in [1.807, 2.05) is 35.0 Å². The summed E-state index contributed by atoms with van der Waals surface area (Å²) in [5.74, 6) is 2.79. The fraction of sp³-hybridized carbons (Fsp3) is 0.214. The van der Waals surface area contributed by atoms with E-state index in [9.17, 15) is 0 Å². The van der Waals surface area contributed by atoms with E-state index in [4.69, 9.17) is 14.8 Å². The van der Waals surface area contributed by atoms with Crippen molar-refractivity contribution in [1.29, 1.82) is 0 Å². The van der Waals surface area contributed by atoms with Crippen LogP contribution in [0.15, 0.2) is 89.9 Å². The number of aliphatic imine (C=N–C) groups is 1. The number of methoxy groups -OCH3 is 1. The summed E-state index contributed by atoms with van der Waals surface area (Å²) >= 11 is 0. The van der Waals surface area contributed by atoms with Crippen LogP contribution >= 0.6 is 0 Å². The molecule has 0 spiro atoms. The molecule has 164 valence electrons. The molecule has 1 aliphatic carbocycles. The van der Waals surface area contributed by atoms with Crippen LogP contribution in [0, 0.1) is 6.92 Å². The Morgan fingerprint density at radius 1 is 0.848 bits per heavy atom. The van der Waals surface area contributed by atoms with Crippen LogP contribution in [-0.4, -0.2) is 33.7 Å². The largest absolute Gasteiger partial charge is 0.497 e. The Morgan fingerprint density at radius 3 is 2.15 bits per heavy atom. The van der Waals surface area contributed by atoms with Crippen LogP contribution in [0.25, 0.3) is 5.69 Å². The quantitative estimate of drug-likeness (QED) is 0.397. The number of rotatable bonds is 5. The lowest BCUT2D eigenvalue weighted by atomic mass is 9.93. The zero-order valence-electron chi connectivity index (χ0n) is 18.8. The van der Waals surface area contributed by atoms with Crippen LogP contribution in [0.5, 0.6) is 5.75 Å². The Labute approximate surface area is 194 Å². The summed E-state index contributed by atoms with van der Waals surface area (Å²) in [6.07, 6.45) is 2.36. The number of ether oxygens (including phenoxy) is 1.